The fourth-order valence-electron chi connectivity index (χ4n) is 6.51. The van der Waals surface area contributed by atoms with Crippen LogP contribution >= 0.6 is 0 Å². The van der Waals surface area contributed by atoms with Gasteiger partial charge in [-0.05, 0) is 90.0 Å². The van der Waals surface area contributed by atoms with Crippen molar-refractivity contribution in [2.45, 2.75) is 26.7 Å². The summed E-state index contributed by atoms with van der Waals surface area (Å²) in [7, 11) is 0. The van der Waals surface area contributed by atoms with E-state index >= 15 is 0 Å². The van der Waals surface area contributed by atoms with Crippen LogP contribution in [0.3, 0.4) is 0 Å². The molecule has 36 heavy (non-hydrogen) atoms. The van der Waals surface area contributed by atoms with Gasteiger partial charge in [0.05, 0.1) is 0 Å². The Kier molecular flexibility index (Phi) is 4.66. The van der Waals surface area contributed by atoms with Gasteiger partial charge in [0.2, 0.25) is 0 Å². The highest BCUT2D eigenvalue weighted by Gasteiger charge is 2.30. The molecule has 0 heteroatoms. The van der Waals surface area contributed by atoms with Gasteiger partial charge in [-0.25, -0.2) is 0 Å². The van der Waals surface area contributed by atoms with Crippen molar-refractivity contribution >= 4 is 21.5 Å². The van der Waals surface area contributed by atoms with Crippen LogP contribution in [0.5, 0.6) is 0 Å². The molecule has 0 saturated heterocycles. The molecule has 1 aliphatic rings. The fraction of sp³-hybridized carbons (Fsp3) is 0.111. The van der Waals surface area contributed by atoms with Crippen LogP contribution in [-0.4, -0.2) is 0 Å². The third-order valence-electron chi connectivity index (χ3n) is 7.93. The Bertz CT molecular complexity index is 1780. The topological polar surface area (TPSA) is 0 Å². The van der Waals surface area contributed by atoms with E-state index in [9.17, 15) is 0 Å². The monoisotopic (exact) mass is 460 g/mol. The molecular formula is C36H28. The molecule has 0 nitrogen and oxygen atoms in total. The Morgan fingerprint density at radius 3 is 1.53 bits per heavy atom. The summed E-state index contributed by atoms with van der Waals surface area (Å²) < 4.78 is 0. The van der Waals surface area contributed by atoms with Crippen LogP contribution in [0.1, 0.15) is 30.9 Å². The summed E-state index contributed by atoms with van der Waals surface area (Å²) in [5, 5.41) is 5.51. The summed E-state index contributed by atoms with van der Waals surface area (Å²) in [5.74, 6) is 0.375. The van der Waals surface area contributed by atoms with Crippen molar-refractivity contribution in [1.82, 2.24) is 0 Å². The molecule has 0 aromatic heterocycles. The molecule has 1 aliphatic carbocycles. The Morgan fingerprint density at radius 1 is 0.444 bits per heavy atom. The van der Waals surface area contributed by atoms with Crippen molar-refractivity contribution in [3.8, 4) is 44.5 Å². The van der Waals surface area contributed by atoms with Gasteiger partial charge in [-0.1, -0.05) is 123 Å². The Labute approximate surface area is 212 Å². The van der Waals surface area contributed by atoms with Crippen molar-refractivity contribution in [1.29, 1.82) is 0 Å². The first-order valence-electron chi connectivity index (χ1n) is 12.9. The molecule has 6 aromatic rings. The van der Waals surface area contributed by atoms with Crippen LogP contribution in [0.4, 0.5) is 0 Å². The molecule has 7 rings (SSSR count). The molecule has 6 aromatic carbocycles. The average molecular weight is 461 g/mol. The lowest BCUT2D eigenvalue weighted by Gasteiger charge is -2.24. The summed E-state index contributed by atoms with van der Waals surface area (Å²) in [6, 6.07) is 40.1. The lowest BCUT2D eigenvalue weighted by atomic mass is 9.79. The van der Waals surface area contributed by atoms with Crippen molar-refractivity contribution < 1.29 is 0 Å². The van der Waals surface area contributed by atoms with E-state index in [0.29, 0.717) is 5.92 Å². The molecule has 0 heterocycles. The van der Waals surface area contributed by atoms with Crippen molar-refractivity contribution in [3.63, 3.8) is 0 Å². The fourth-order valence-corrected chi connectivity index (χ4v) is 6.51. The maximum atomic E-state index is 2.36. The summed E-state index contributed by atoms with van der Waals surface area (Å²) in [6.45, 7) is 7.06. The van der Waals surface area contributed by atoms with Crippen LogP contribution in [0.15, 0.2) is 109 Å². The lowest BCUT2D eigenvalue weighted by molar-refractivity contribution is 0.879. The van der Waals surface area contributed by atoms with E-state index in [0.717, 1.165) is 0 Å². The second kappa shape index (κ2) is 7.93. The third-order valence-corrected chi connectivity index (χ3v) is 7.93. The van der Waals surface area contributed by atoms with Crippen LogP contribution < -0.4 is 0 Å². The standard InChI is InChI=1S/C36H28/c1-22(2)31-35-28(25-14-8-5-9-15-25)21-20-27(24-12-6-4-7-13-24)32(35)23(3)33-29-18-10-16-26-17-11-19-30(34(26)29)36(31)33/h4-22H,1-3H3. The molecular weight excluding hydrogens is 432 g/mol. The summed E-state index contributed by atoms with van der Waals surface area (Å²) in [5.41, 5.74) is 13.6. The average Bonchev–Trinajstić information content (AvgIpc) is 3.25. The van der Waals surface area contributed by atoms with Gasteiger partial charge in [-0.3, -0.25) is 0 Å². The zero-order valence-corrected chi connectivity index (χ0v) is 21.0. The predicted molar refractivity (Wildman–Crippen MR) is 156 cm³/mol. The van der Waals surface area contributed by atoms with Crippen molar-refractivity contribution in [2.75, 3.05) is 0 Å². The molecule has 172 valence electrons. The molecule has 0 spiro atoms. The minimum Gasteiger partial charge on any atom is -0.0622 e. The van der Waals surface area contributed by atoms with E-state index in [1.54, 1.807) is 0 Å². The zero-order chi connectivity index (χ0) is 24.4. The molecule has 0 fully saturated rings. The van der Waals surface area contributed by atoms with Gasteiger partial charge in [0.1, 0.15) is 0 Å². The molecule has 0 bridgehead atoms. The number of benzene rings is 6. The highest BCUT2D eigenvalue weighted by atomic mass is 14.3. The Balaban J connectivity index is 1.74. The number of rotatable bonds is 3. The van der Waals surface area contributed by atoms with E-state index < -0.39 is 0 Å². The van der Waals surface area contributed by atoms with E-state index in [-0.39, 0.29) is 0 Å². The van der Waals surface area contributed by atoms with E-state index in [4.69, 9.17) is 0 Å². The number of hydrogen-bond donors (Lipinski definition) is 0. The molecule has 0 aliphatic heterocycles. The third kappa shape index (κ3) is 2.88. The lowest BCUT2D eigenvalue weighted by Crippen LogP contribution is -2.01. The predicted octanol–water partition coefficient (Wildman–Crippen LogP) is 10.4. The minimum atomic E-state index is 0.375. The Hall–Kier alpha value is -4.16. The summed E-state index contributed by atoms with van der Waals surface area (Å²) in [6.07, 6.45) is 0. The second-order valence-corrected chi connectivity index (χ2v) is 10.3. The SMILES string of the molecule is Cc1c2c(c(C(C)C)c3c(-c4ccccc4)ccc(-c4ccccc4)c13)-c1cccc3cccc-2c13. The smallest absolute Gasteiger partial charge is 0.00262 e. The van der Waals surface area contributed by atoms with Crippen molar-refractivity contribution in [3.05, 3.63) is 120 Å². The molecule has 0 amide bonds. The van der Waals surface area contributed by atoms with Gasteiger partial charge < -0.3 is 0 Å². The zero-order valence-electron chi connectivity index (χ0n) is 21.0. The van der Waals surface area contributed by atoms with E-state index in [1.807, 2.05) is 0 Å². The second-order valence-electron chi connectivity index (χ2n) is 10.3. The first-order chi connectivity index (χ1) is 17.6. The largest absolute Gasteiger partial charge is 0.0622 e. The molecule has 0 radical (unpaired) electrons. The summed E-state index contributed by atoms with van der Waals surface area (Å²) in [4.78, 5) is 0. The molecule has 0 unspecified atom stereocenters. The first-order valence-corrected chi connectivity index (χ1v) is 12.9. The number of fused-ring (bicyclic) bond motifs is 4. The van der Waals surface area contributed by atoms with Gasteiger partial charge >= 0.3 is 0 Å². The summed E-state index contributed by atoms with van der Waals surface area (Å²) >= 11 is 0. The van der Waals surface area contributed by atoms with Gasteiger partial charge in [-0.15, -0.1) is 0 Å². The minimum absolute atomic E-state index is 0.375. The van der Waals surface area contributed by atoms with Gasteiger partial charge in [-0.2, -0.15) is 0 Å². The maximum Gasteiger partial charge on any atom is -0.00262 e. The van der Waals surface area contributed by atoms with E-state index in [2.05, 4.69) is 130 Å². The molecule has 0 N–H and O–H groups in total. The Morgan fingerprint density at radius 2 is 0.972 bits per heavy atom. The van der Waals surface area contributed by atoms with Crippen molar-refractivity contribution in [2.24, 2.45) is 0 Å². The van der Waals surface area contributed by atoms with Crippen LogP contribution in [0, 0.1) is 6.92 Å². The highest BCUT2D eigenvalue weighted by Crippen LogP contribution is 2.56. The van der Waals surface area contributed by atoms with E-state index in [1.165, 1.54) is 77.2 Å². The molecule has 0 saturated carbocycles. The van der Waals surface area contributed by atoms with Crippen LogP contribution in [0.2, 0.25) is 0 Å². The maximum absolute atomic E-state index is 2.36. The van der Waals surface area contributed by atoms with Gasteiger partial charge in [0, 0.05) is 0 Å². The molecule has 0 atom stereocenters. The van der Waals surface area contributed by atoms with Crippen LogP contribution in [0.25, 0.3) is 66.1 Å². The quantitative estimate of drug-likeness (QED) is 0.246. The van der Waals surface area contributed by atoms with Crippen LogP contribution in [-0.2, 0) is 0 Å². The number of hydrogen-bond acceptors (Lipinski definition) is 0. The van der Waals surface area contributed by atoms with Gasteiger partial charge in [0.15, 0.2) is 0 Å². The normalized spacial score (nSPS) is 12.0. The van der Waals surface area contributed by atoms with Gasteiger partial charge in [0.25, 0.3) is 0 Å². The first kappa shape index (κ1) is 21.1. The number of aryl methyl sites for hydroxylation is 1. The highest BCUT2D eigenvalue weighted by molar-refractivity contribution is 6.23.